The summed E-state index contributed by atoms with van der Waals surface area (Å²) in [5, 5.41) is 2.31. The van der Waals surface area contributed by atoms with Crippen molar-refractivity contribution in [2.45, 2.75) is 5.41 Å². The normalized spacial score (nSPS) is 16.8. The molecule has 58 heavy (non-hydrogen) atoms. The molecule has 276 valence electrons. The standard InChI is InChI=1S/C52H37N4OP/c57-58(44-28-14-5-15-29-44)47-32-18-16-30-45(47)52(46-31-17-19-33-48(46)58,51-54-49(38-20-6-1-7-21-38)53-50(55-51)39-22-8-2-9-23-39)40-34-36-43(37-35-40)56(41-24-10-3-11-25-41)42-26-12-4-13-27-42/h1-37H. The summed E-state index contributed by atoms with van der Waals surface area (Å²) >= 11 is 0. The zero-order valence-corrected chi connectivity index (χ0v) is 32.4. The Morgan fingerprint density at radius 2 is 0.759 bits per heavy atom. The number of rotatable bonds is 8. The highest BCUT2D eigenvalue weighted by Gasteiger charge is 2.53. The van der Waals surface area contributed by atoms with E-state index in [0.717, 1.165) is 60.8 Å². The Hall–Kier alpha value is -7.20. The first-order valence-electron chi connectivity index (χ1n) is 19.4. The number of aromatic nitrogens is 3. The smallest absolute Gasteiger partial charge is 0.171 e. The number of benzene rings is 8. The van der Waals surface area contributed by atoms with Crippen molar-refractivity contribution in [1.29, 1.82) is 0 Å². The van der Waals surface area contributed by atoms with Gasteiger partial charge in [-0.05, 0) is 53.1 Å². The van der Waals surface area contributed by atoms with Crippen LogP contribution in [0.15, 0.2) is 224 Å². The molecule has 1 aliphatic heterocycles. The van der Waals surface area contributed by atoms with Crippen LogP contribution in [0.3, 0.4) is 0 Å². The molecule has 0 saturated heterocycles. The van der Waals surface area contributed by atoms with E-state index in [1.807, 2.05) is 140 Å². The van der Waals surface area contributed by atoms with Gasteiger partial charge in [-0.15, -0.1) is 0 Å². The summed E-state index contributed by atoms with van der Waals surface area (Å²) in [4.78, 5) is 18.3. The lowest BCUT2D eigenvalue weighted by molar-refractivity contribution is 0.589. The van der Waals surface area contributed by atoms with Crippen molar-refractivity contribution in [3.05, 3.63) is 247 Å². The van der Waals surface area contributed by atoms with Crippen LogP contribution in [0.2, 0.25) is 0 Å². The van der Waals surface area contributed by atoms with E-state index in [-0.39, 0.29) is 0 Å². The van der Waals surface area contributed by atoms with Gasteiger partial charge in [0.05, 0.1) is 0 Å². The Morgan fingerprint density at radius 3 is 1.22 bits per heavy atom. The molecule has 10 rings (SSSR count). The van der Waals surface area contributed by atoms with Gasteiger partial charge in [0.15, 0.2) is 24.6 Å². The summed E-state index contributed by atoms with van der Waals surface area (Å²) in [5.74, 6) is 1.67. The van der Waals surface area contributed by atoms with Crippen LogP contribution in [-0.2, 0) is 9.98 Å². The molecule has 2 heterocycles. The van der Waals surface area contributed by atoms with Gasteiger partial charge in [0.1, 0.15) is 5.41 Å². The molecule has 8 aromatic carbocycles. The Morgan fingerprint density at radius 1 is 0.379 bits per heavy atom. The van der Waals surface area contributed by atoms with E-state index < -0.39 is 12.6 Å². The van der Waals surface area contributed by atoms with Crippen molar-refractivity contribution in [3.63, 3.8) is 0 Å². The van der Waals surface area contributed by atoms with Gasteiger partial charge < -0.3 is 9.46 Å². The van der Waals surface area contributed by atoms with Gasteiger partial charge in [-0.2, -0.15) is 0 Å². The fraction of sp³-hybridized carbons (Fsp3) is 0.0192. The second kappa shape index (κ2) is 14.7. The summed E-state index contributed by atoms with van der Waals surface area (Å²) in [6.07, 6.45) is 0. The highest BCUT2D eigenvalue weighted by Crippen LogP contribution is 2.56. The van der Waals surface area contributed by atoms with Crippen LogP contribution in [0.1, 0.15) is 22.5 Å². The maximum Gasteiger partial charge on any atom is 0.171 e. The predicted octanol–water partition coefficient (Wildman–Crippen LogP) is 11.0. The maximum atomic E-state index is 16.2. The number of anilines is 3. The average Bonchev–Trinajstić information content (AvgIpc) is 3.31. The molecule has 0 radical (unpaired) electrons. The Labute approximate surface area is 338 Å². The molecule has 0 spiro atoms. The van der Waals surface area contributed by atoms with Crippen LogP contribution in [-0.4, -0.2) is 15.0 Å². The zero-order chi connectivity index (χ0) is 38.9. The molecule has 9 aromatic rings. The fourth-order valence-electron chi connectivity index (χ4n) is 8.44. The predicted molar refractivity (Wildman–Crippen MR) is 237 cm³/mol. The van der Waals surface area contributed by atoms with Crippen molar-refractivity contribution < 1.29 is 4.57 Å². The van der Waals surface area contributed by atoms with E-state index in [2.05, 4.69) is 89.8 Å². The van der Waals surface area contributed by atoms with Crippen molar-refractivity contribution in [1.82, 2.24) is 15.0 Å². The number of para-hydroxylation sites is 2. The highest BCUT2D eigenvalue weighted by molar-refractivity contribution is 7.85. The van der Waals surface area contributed by atoms with Crippen molar-refractivity contribution in [2.75, 3.05) is 4.90 Å². The van der Waals surface area contributed by atoms with Gasteiger partial charge in [-0.25, -0.2) is 15.0 Å². The lowest BCUT2D eigenvalue weighted by Gasteiger charge is -2.43. The first-order chi connectivity index (χ1) is 28.7. The van der Waals surface area contributed by atoms with E-state index in [4.69, 9.17) is 15.0 Å². The van der Waals surface area contributed by atoms with Gasteiger partial charge >= 0.3 is 0 Å². The number of nitrogens with zero attached hydrogens (tertiary/aromatic N) is 4. The van der Waals surface area contributed by atoms with Gasteiger partial charge in [-0.3, -0.25) is 0 Å². The molecule has 0 unspecified atom stereocenters. The van der Waals surface area contributed by atoms with E-state index in [9.17, 15) is 0 Å². The quantitative estimate of drug-likeness (QED) is 0.144. The first-order valence-corrected chi connectivity index (χ1v) is 21.1. The van der Waals surface area contributed by atoms with E-state index in [1.165, 1.54) is 0 Å². The Balaban J connectivity index is 1.30. The van der Waals surface area contributed by atoms with E-state index in [1.54, 1.807) is 0 Å². The zero-order valence-electron chi connectivity index (χ0n) is 31.5. The second-order valence-electron chi connectivity index (χ2n) is 14.3. The van der Waals surface area contributed by atoms with Crippen molar-refractivity contribution in [3.8, 4) is 22.8 Å². The Bertz CT molecular complexity index is 2760. The van der Waals surface area contributed by atoms with Crippen LogP contribution >= 0.6 is 7.14 Å². The molecule has 0 fully saturated rings. The summed E-state index contributed by atoms with van der Waals surface area (Å²) in [6, 6.07) is 75.9. The van der Waals surface area contributed by atoms with Crippen molar-refractivity contribution in [2.24, 2.45) is 0 Å². The Kier molecular flexibility index (Phi) is 8.93. The molecule has 5 nitrogen and oxygen atoms in total. The lowest BCUT2D eigenvalue weighted by atomic mass is 9.68. The van der Waals surface area contributed by atoms with Crippen LogP contribution in [0.5, 0.6) is 0 Å². The SMILES string of the molecule is O=P1(c2ccccc2)c2ccccc2C(c2ccc(N(c3ccccc3)c3ccccc3)cc2)(c2nc(-c3ccccc3)nc(-c3ccccc3)n2)c2ccccc21. The average molecular weight is 765 g/mol. The minimum absolute atomic E-state index is 0.551. The van der Waals surface area contributed by atoms with Gasteiger partial charge in [0.2, 0.25) is 0 Å². The van der Waals surface area contributed by atoms with E-state index >= 15 is 4.57 Å². The third-order valence-corrected chi connectivity index (χ3v) is 14.2. The molecular formula is C52H37N4OP. The van der Waals surface area contributed by atoms with Gasteiger partial charge in [0, 0.05) is 44.1 Å². The third kappa shape index (κ3) is 5.79. The van der Waals surface area contributed by atoms with Crippen molar-refractivity contribution >= 4 is 40.1 Å². The topological polar surface area (TPSA) is 59.0 Å². The number of hydrogen-bond donors (Lipinski definition) is 0. The van der Waals surface area contributed by atoms with Gasteiger partial charge in [0.25, 0.3) is 0 Å². The molecule has 0 saturated carbocycles. The monoisotopic (exact) mass is 764 g/mol. The first kappa shape index (κ1) is 35.2. The maximum absolute atomic E-state index is 16.2. The lowest BCUT2D eigenvalue weighted by Crippen LogP contribution is -2.47. The summed E-state index contributed by atoms with van der Waals surface area (Å²) < 4.78 is 16.2. The molecule has 1 aliphatic rings. The van der Waals surface area contributed by atoms with Crippen LogP contribution in [0.25, 0.3) is 22.8 Å². The third-order valence-electron chi connectivity index (χ3n) is 11.0. The molecule has 0 bridgehead atoms. The van der Waals surface area contributed by atoms with Crippen LogP contribution in [0.4, 0.5) is 17.1 Å². The van der Waals surface area contributed by atoms with Crippen LogP contribution in [0, 0.1) is 0 Å². The molecule has 1 aromatic heterocycles. The second-order valence-corrected chi connectivity index (χ2v) is 17.0. The number of hydrogen-bond acceptors (Lipinski definition) is 5. The molecule has 0 amide bonds. The van der Waals surface area contributed by atoms with Gasteiger partial charge in [-0.1, -0.05) is 188 Å². The molecular weight excluding hydrogens is 728 g/mol. The largest absolute Gasteiger partial charge is 0.311 e. The molecule has 0 N–H and O–H groups in total. The molecule has 0 aliphatic carbocycles. The molecule has 0 atom stereocenters. The summed E-state index contributed by atoms with van der Waals surface area (Å²) in [5.41, 5.74) is 6.44. The molecule has 6 heteroatoms. The number of fused-ring (bicyclic) bond motifs is 2. The summed E-state index contributed by atoms with van der Waals surface area (Å²) in [7, 11) is -3.39. The summed E-state index contributed by atoms with van der Waals surface area (Å²) in [6.45, 7) is 0. The highest BCUT2D eigenvalue weighted by atomic mass is 31.2. The minimum Gasteiger partial charge on any atom is -0.311 e. The van der Waals surface area contributed by atoms with E-state index in [0.29, 0.717) is 17.5 Å². The fourth-order valence-corrected chi connectivity index (χ4v) is 11.6. The van der Waals surface area contributed by atoms with Crippen LogP contribution < -0.4 is 20.8 Å². The minimum atomic E-state index is -3.39.